The highest BCUT2D eigenvalue weighted by Gasteiger charge is 2.36. The number of amides is 1. The molecule has 0 N–H and O–H groups in total. The predicted molar refractivity (Wildman–Crippen MR) is 98.8 cm³/mol. The Labute approximate surface area is 167 Å². The number of imidazole rings is 1. The highest BCUT2D eigenvalue weighted by Crippen LogP contribution is 2.37. The highest BCUT2D eigenvalue weighted by molar-refractivity contribution is 7.15. The van der Waals surface area contributed by atoms with Crippen LogP contribution in [0, 0.1) is 0 Å². The number of carbonyl (C=O) groups excluding carboxylic acids is 1. The molecule has 2 fully saturated rings. The van der Waals surface area contributed by atoms with Crippen molar-refractivity contribution in [2.24, 2.45) is 0 Å². The molecule has 4 heterocycles. The average molecular weight is 423 g/mol. The molecule has 8 nitrogen and oxygen atoms in total. The lowest BCUT2D eigenvalue weighted by Crippen LogP contribution is -2.48. The minimum absolute atomic E-state index is 0.159. The minimum atomic E-state index is -4.49. The fourth-order valence-corrected chi connectivity index (χ4v) is 4.16. The van der Waals surface area contributed by atoms with E-state index in [1.165, 1.54) is 0 Å². The molecule has 0 aromatic carbocycles. The van der Waals surface area contributed by atoms with Crippen LogP contribution in [0.5, 0.6) is 0 Å². The number of pyridine rings is 1. The first kappa shape index (κ1) is 18.3. The maximum atomic E-state index is 12.8. The molecule has 1 aliphatic heterocycles. The zero-order valence-corrected chi connectivity index (χ0v) is 15.9. The summed E-state index contributed by atoms with van der Waals surface area (Å²) in [5, 5.41) is 6.12. The SMILES string of the molecule is O=C(c1cnc2c(c1)ncn2C1CC1)N1CCN(c2nnc(C(F)(F)F)s2)CC1. The van der Waals surface area contributed by atoms with Gasteiger partial charge in [0.1, 0.15) is 5.52 Å². The predicted octanol–water partition coefficient (Wildman–Crippen LogP) is 2.60. The van der Waals surface area contributed by atoms with Crippen LogP contribution >= 0.6 is 11.3 Å². The van der Waals surface area contributed by atoms with E-state index in [-0.39, 0.29) is 11.0 Å². The van der Waals surface area contributed by atoms with Crippen LogP contribution in [0.4, 0.5) is 18.3 Å². The van der Waals surface area contributed by atoms with Gasteiger partial charge in [-0.15, -0.1) is 10.2 Å². The van der Waals surface area contributed by atoms with Crippen LogP contribution in [-0.4, -0.2) is 61.7 Å². The zero-order valence-electron chi connectivity index (χ0n) is 15.1. The minimum Gasteiger partial charge on any atom is -0.343 e. The molecule has 2 aliphatic rings. The molecular weight excluding hydrogens is 407 g/mol. The van der Waals surface area contributed by atoms with Crippen molar-refractivity contribution in [1.82, 2.24) is 29.6 Å². The highest BCUT2D eigenvalue weighted by atomic mass is 32.1. The standard InChI is InChI=1S/C17H16F3N7OS/c18-17(19,20)15-23-24-16(29-15)26-5-3-25(4-6-26)14(28)10-7-12-13(21-8-10)27(9-22-12)11-1-2-11/h7-9,11H,1-6H2. The number of nitrogens with zero attached hydrogens (tertiary/aromatic N) is 7. The number of carbonyl (C=O) groups is 1. The Morgan fingerprint density at radius 3 is 2.52 bits per heavy atom. The van der Waals surface area contributed by atoms with E-state index in [9.17, 15) is 18.0 Å². The van der Waals surface area contributed by atoms with E-state index in [1.807, 2.05) is 4.57 Å². The Hall–Kier alpha value is -2.76. The summed E-state index contributed by atoms with van der Waals surface area (Å²) in [6.07, 6.45) is 1.08. The van der Waals surface area contributed by atoms with Crippen molar-refractivity contribution < 1.29 is 18.0 Å². The van der Waals surface area contributed by atoms with E-state index in [0.29, 0.717) is 54.6 Å². The van der Waals surface area contributed by atoms with Gasteiger partial charge in [-0.25, -0.2) is 9.97 Å². The molecule has 1 amide bonds. The third-order valence-electron chi connectivity index (χ3n) is 5.09. The van der Waals surface area contributed by atoms with E-state index in [4.69, 9.17) is 0 Å². The number of alkyl halides is 3. The van der Waals surface area contributed by atoms with Crippen molar-refractivity contribution in [3.05, 3.63) is 29.2 Å². The van der Waals surface area contributed by atoms with Crippen LogP contribution < -0.4 is 4.90 Å². The van der Waals surface area contributed by atoms with Gasteiger partial charge in [-0.2, -0.15) is 13.2 Å². The van der Waals surface area contributed by atoms with Crippen LogP contribution in [0.25, 0.3) is 11.2 Å². The van der Waals surface area contributed by atoms with E-state index < -0.39 is 11.2 Å². The molecule has 1 aliphatic carbocycles. The molecule has 0 bridgehead atoms. The second kappa shape index (κ2) is 6.65. The van der Waals surface area contributed by atoms with Crippen molar-refractivity contribution in [3.63, 3.8) is 0 Å². The van der Waals surface area contributed by atoms with E-state index in [1.54, 1.807) is 28.4 Å². The van der Waals surface area contributed by atoms with Crippen molar-refractivity contribution in [2.75, 3.05) is 31.1 Å². The number of halogens is 3. The van der Waals surface area contributed by atoms with Crippen LogP contribution in [0.2, 0.25) is 0 Å². The molecule has 0 spiro atoms. The molecule has 0 radical (unpaired) electrons. The Morgan fingerprint density at radius 1 is 1.10 bits per heavy atom. The number of fused-ring (bicyclic) bond motifs is 1. The number of rotatable bonds is 3. The van der Waals surface area contributed by atoms with Crippen LogP contribution in [-0.2, 0) is 6.18 Å². The number of hydrogen-bond donors (Lipinski definition) is 0. The summed E-state index contributed by atoms with van der Waals surface area (Å²) in [5.74, 6) is -0.159. The topological polar surface area (TPSA) is 80.0 Å². The fourth-order valence-electron chi connectivity index (χ4n) is 3.40. The van der Waals surface area contributed by atoms with Gasteiger partial charge in [0.15, 0.2) is 5.65 Å². The van der Waals surface area contributed by atoms with Crippen LogP contribution in [0.1, 0.15) is 34.2 Å². The zero-order chi connectivity index (χ0) is 20.2. The Balaban J connectivity index is 1.26. The Kier molecular flexibility index (Phi) is 4.19. The Morgan fingerprint density at radius 2 is 1.86 bits per heavy atom. The second-order valence-electron chi connectivity index (χ2n) is 7.12. The maximum Gasteiger partial charge on any atom is 0.445 e. The van der Waals surface area contributed by atoms with Gasteiger partial charge in [0, 0.05) is 38.4 Å². The third-order valence-corrected chi connectivity index (χ3v) is 6.12. The summed E-state index contributed by atoms with van der Waals surface area (Å²) in [6.45, 7) is 1.55. The normalized spacial score (nSPS) is 17.9. The first-order valence-corrected chi connectivity index (χ1v) is 9.99. The number of aromatic nitrogens is 5. The lowest BCUT2D eigenvalue weighted by Gasteiger charge is -2.34. The van der Waals surface area contributed by atoms with Gasteiger partial charge in [-0.05, 0) is 18.9 Å². The van der Waals surface area contributed by atoms with Crippen molar-refractivity contribution in [3.8, 4) is 0 Å². The molecule has 1 saturated carbocycles. The molecule has 5 rings (SSSR count). The molecular formula is C17H16F3N7OS. The molecule has 3 aromatic heterocycles. The first-order chi connectivity index (χ1) is 13.9. The average Bonchev–Trinajstić information content (AvgIpc) is 3.26. The molecule has 3 aromatic rings. The number of anilines is 1. The largest absolute Gasteiger partial charge is 0.445 e. The van der Waals surface area contributed by atoms with Gasteiger partial charge in [0.25, 0.3) is 5.91 Å². The molecule has 1 saturated heterocycles. The van der Waals surface area contributed by atoms with Crippen LogP contribution in [0.15, 0.2) is 18.6 Å². The van der Waals surface area contributed by atoms with E-state index >= 15 is 0 Å². The lowest BCUT2D eigenvalue weighted by atomic mass is 10.2. The van der Waals surface area contributed by atoms with Crippen LogP contribution in [0.3, 0.4) is 0 Å². The van der Waals surface area contributed by atoms with Gasteiger partial charge in [0.05, 0.1) is 11.9 Å². The number of hydrogen-bond acceptors (Lipinski definition) is 7. The maximum absolute atomic E-state index is 12.8. The van der Waals surface area contributed by atoms with Crippen molar-refractivity contribution in [2.45, 2.75) is 25.1 Å². The first-order valence-electron chi connectivity index (χ1n) is 9.17. The summed E-state index contributed by atoms with van der Waals surface area (Å²) < 4.78 is 40.2. The summed E-state index contributed by atoms with van der Waals surface area (Å²) in [7, 11) is 0. The summed E-state index contributed by atoms with van der Waals surface area (Å²) in [6, 6.07) is 2.20. The fraction of sp³-hybridized carbons (Fsp3) is 0.471. The molecule has 152 valence electrons. The summed E-state index contributed by atoms with van der Waals surface area (Å²) in [5.41, 5.74) is 1.93. The molecule has 12 heteroatoms. The second-order valence-corrected chi connectivity index (χ2v) is 8.07. The summed E-state index contributed by atoms with van der Waals surface area (Å²) in [4.78, 5) is 25.0. The Bertz CT molecular complexity index is 1070. The number of piperazine rings is 1. The smallest absolute Gasteiger partial charge is 0.343 e. The quantitative estimate of drug-likeness (QED) is 0.644. The summed E-state index contributed by atoms with van der Waals surface area (Å²) >= 11 is 0.518. The van der Waals surface area contributed by atoms with Gasteiger partial charge < -0.3 is 14.4 Å². The van der Waals surface area contributed by atoms with Gasteiger partial charge in [-0.3, -0.25) is 4.79 Å². The van der Waals surface area contributed by atoms with Gasteiger partial charge in [0.2, 0.25) is 10.1 Å². The van der Waals surface area contributed by atoms with E-state index in [2.05, 4.69) is 20.2 Å². The molecule has 0 atom stereocenters. The van der Waals surface area contributed by atoms with Gasteiger partial charge in [-0.1, -0.05) is 11.3 Å². The van der Waals surface area contributed by atoms with E-state index in [0.717, 1.165) is 18.5 Å². The molecule has 0 unspecified atom stereocenters. The third kappa shape index (κ3) is 3.41. The lowest BCUT2D eigenvalue weighted by molar-refractivity contribution is -0.138. The van der Waals surface area contributed by atoms with Crippen molar-refractivity contribution >= 4 is 33.5 Å². The molecule has 29 heavy (non-hydrogen) atoms. The monoisotopic (exact) mass is 423 g/mol. The van der Waals surface area contributed by atoms with Crippen molar-refractivity contribution in [1.29, 1.82) is 0 Å². The van der Waals surface area contributed by atoms with Gasteiger partial charge >= 0.3 is 6.18 Å².